The molecule has 1 unspecified atom stereocenters. The monoisotopic (exact) mass is 568 g/mol. The van der Waals surface area contributed by atoms with E-state index in [9.17, 15) is 17.6 Å². The van der Waals surface area contributed by atoms with Gasteiger partial charge in [0, 0.05) is 0 Å². The Kier molecular flexibility index (Phi) is 10.5. The summed E-state index contributed by atoms with van der Waals surface area (Å²) in [5, 5.41) is 0. The summed E-state index contributed by atoms with van der Waals surface area (Å²) < 4.78 is 85.1. The van der Waals surface area contributed by atoms with Crippen molar-refractivity contribution in [2.45, 2.75) is 110 Å². The van der Waals surface area contributed by atoms with E-state index < -0.39 is 35.1 Å². The van der Waals surface area contributed by atoms with Crippen LogP contribution in [0.4, 0.5) is 26.3 Å². The van der Waals surface area contributed by atoms with Crippen LogP contribution in [0.1, 0.15) is 109 Å². The van der Waals surface area contributed by atoms with Crippen LogP contribution in [-0.4, -0.2) is 6.36 Å². The second kappa shape index (κ2) is 13.7. The van der Waals surface area contributed by atoms with Crippen molar-refractivity contribution in [3.05, 3.63) is 53.3 Å². The Labute approximate surface area is 234 Å². The minimum atomic E-state index is -5.06. The molecule has 4 rings (SSSR count). The van der Waals surface area contributed by atoms with Gasteiger partial charge in [0.25, 0.3) is 0 Å². The Morgan fingerprint density at radius 2 is 1.43 bits per heavy atom. The predicted octanol–water partition coefficient (Wildman–Crippen LogP) is 11.4. The van der Waals surface area contributed by atoms with E-state index in [2.05, 4.69) is 18.6 Å². The lowest BCUT2D eigenvalue weighted by molar-refractivity contribution is -0.275. The number of unbranched alkanes of at least 4 members (excludes halogenated alkanes) is 2. The number of alkyl halides is 3. The van der Waals surface area contributed by atoms with Crippen molar-refractivity contribution >= 4 is 0 Å². The second-order valence-electron chi connectivity index (χ2n) is 12.3. The Hall–Kier alpha value is -2.18. The molecule has 0 amide bonds. The van der Waals surface area contributed by atoms with Crippen LogP contribution in [-0.2, 0) is 0 Å². The van der Waals surface area contributed by atoms with Gasteiger partial charge in [-0.25, -0.2) is 13.2 Å². The number of hydrogen-bond donors (Lipinski definition) is 0. The molecule has 40 heavy (non-hydrogen) atoms. The minimum absolute atomic E-state index is 0.0578. The van der Waals surface area contributed by atoms with Crippen LogP contribution in [0, 0.1) is 41.1 Å². The average Bonchev–Trinajstić information content (AvgIpc) is 2.90. The summed E-state index contributed by atoms with van der Waals surface area (Å²) in [4.78, 5) is 0. The van der Waals surface area contributed by atoms with E-state index >= 15 is 8.78 Å². The van der Waals surface area contributed by atoms with Gasteiger partial charge in [-0.1, -0.05) is 58.4 Å². The first-order valence-corrected chi connectivity index (χ1v) is 15.1. The zero-order valence-corrected chi connectivity index (χ0v) is 23.6. The van der Waals surface area contributed by atoms with Crippen molar-refractivity contribution in [3.8, 4) is 16.9 Å². The van der Waals surface area contributed by atoms with E-state index in [0.29, 0.717) is 23.5 Å². The molecule has 0 radical (unpaired) electrons. The van der Waals surface area contributed by atoms with E-state index in [-0.39, 0.29) is 11.5 Å². The molecule has 1 atom stereocenters. The lowest BCUT2D eigenvalue weighted by Gasteiger charge is -2.36. The van der Waals surface area contributed by atoms with E-state index in [1.165, 1.54) is 69.9 Å². The molecule has 0 spiro atoms. The molecule has 0 N–H and O–H groups in total. The smallest absolute Gasteiger partial charge is 0.403 e. The van der Waals surface area contributed by atoms with Gasteiger partial charge in [-0.05, 0) is 110 Å². The maximum absolute atomic E-state index is 15.1. The van der Waals surface area contributed by atoms with Gasteiger partial charge in [0.1, 0.15) is 11.6 Å². The average molecular weight is 569 g/mol. The number of ether oxygens (including phenoxy) is 1. The van der Waals surface area contributed by atoms with Crippen LogP contribution >= 0.6 is 0 Å². The molecule has 0 aliphatic heterocycles. The highest BCUT2D eigenvalue weighted by atomic mass is 19.4. The third-order valence-electron chi connectivity index (χ3n) is 9.45. The van der Waals surface area contributed by atoms with Gasteiger partial charge in [0.15, 0.2) is 11.6 Å². The lowest BCUT2D eigenvalue weighted by atomic mass is 9.70. The van der Waals surface area contributed by atoms with Crippen LogP contribution in [0.5, 0.6) is 5.75 Å². The zero-order chi connectivity index (χ0) is 28.9. The summed E-state index contributed by atoms with van der Waals surface area (Å²) in [5.41, 5.74) is -0.0470. The van der Waals surface area contributed by atoms with Gasteiger partial charge >= 0.3 is 6.36 Å². The second-order valence-corrected chi connectivity index (χ2v) is 12.3. The number of rotatable bonds is 10. The summed E-state index contributed by atoms with van der Waals surface area (Å²) in [7, 11) is 0. The van der Waals surface area contributed by atoms with Crippen LogP contribution in [0.2, 0.25) is 0 Å². The SMILES string of the molecule is CCCCCC1CCC(C(C)CC2CCC(c3cc(F)c(-c4ccc(OC(F)(F)F)c(F)c4)c(F)c3)CC2)CC1. The molecule has 222 valence electrons. The van der Waals surface area contributed by atoms with Crippen molar-refractivity contribution in [1.82, 2.24) is 0 Å². The Morgan fingerprint density at radius 3 is 2.00 bits per heavy atom. The summed E-state index contributed by atoms with van der Waals surface area (Å²) in [6.07, 6.45) is 10.8. The first-order chi connectivity index (χ1) is 19.0. The molecular formula is C33H42F6O. The molecular weight excluding hydrogens is 526 g/mol. The van der Waals surface area contributed by atoms with Gasteiger partial charge in [-0.2, -0.15) is 0 Å². The molecule has 2 fully saturated rings. The predicted molar refractivity (Wildman–Crippen MR) is 147 cm³/mol. The van der Waals surface area contributed by atoms with Crippen molar-refractivity contribution in [3.63, 3.8) is 0 Å². The first-order valence-electron chi connectivity index (χ1n) is 15.1. The third-order valence-corrected chi connectivity index (χ3v) is 9.45. The van der Waals surface area contributed by atoms with E-state index in [1.54, 1.807) is 0 Å². The highest BCUT2D eigenvalue weighted by Gasteiger charge is 2.33. The van der Waals surface area contributed by atoms with Crippen LogP contribution < -0.4 is 4.74 Å². The molecule has 0 heterocycles. The van der Waals surface area contributed by atoms with Crippen molar-refractivity contribution < 1.29 is 31.1 Å². The number of hydrogen-bond acceptors (Lipinski definition) is 1. The maximum atomic E-state index is 15.1. The fraction of sp³-hybridized carbons (Fsp3) is 0.636. The number of halogens is 6. The van der Waals surface area contributed by atoms with Gasteiger partial charge in [-0.15, -0.1) is 13.2 Å². The van der Waals surface area contributed by atoms with E-state index in [4.69, 9.17) is 0 Å². The molecule has 2 aliphatic carbocycles. The van der Waals surface area contributed by atoms with Crippen molar-refractivity contribution in [2.24, 2.45) is 23.7 Å². The fourth-order valence-corrected chi connectivity index (χ4v) is 7.15. The van der Waals surface area contributed by atoms with Gasteiger partial charge in [0.2, 0.25) is 0 Å². The summed E-state index contributed by atoms with van der Waals surface area (Å²) in [6, 6.07) is 5.00. The summed E-state index contributed by atoms with van der Waals surface area (Å²) in [6.45, 7) is 4.66. The lowest BCUT2D eigenvalue weighted by Crippen LogP contribution is -2.23. The molecule has 2 saturated carbocycles. The summed E-state index contributed by atoms with van der Waals surface area (Å²) >= 11 is 0. The largest absolute Gasteiger partial charge is 0.573 e. The standard InChI is InChI=1S/C33H42F6O/c1-3-4-5-6-22-7-11-24(12-8-22)21(2)17-23-9-13-25(14-10-23)27-19-29(35)32(30(36)20-27)26-15-16-31(28(34)18-26)40-33(37,38)39/h15-16,18-25H,3-14,17H2,1-2H3. The minimum Gasteiger partial charge on any atom is -0.403 e. The molecule has 0 bridgehead atoms. The topological polar surface area (TPSA) is 9.23 Å². The van der Waals surface area contributed by atoms with Crippen molar-refractivity contribution in [2.75, 3.05) is 0 Å². The quantitative estimate of drug-likeness (QED) is 0.205. The molecule has 2 aromatic carbocycles. The molecule has 1 nitrogen and oxygen atoms in total. The molecule has 0 aromatic heterocycles. The van der Waals surface area contributed by atoms with E-state index in [0.717, 1.165) is 49.7 Å². The van der Waals surface area contributed by atoms with Crippen LogP contribution in [0.15, 0.2) is 30.3 Å². The molecule has 2 aromatic rings. The highest BCUT2D eigenvalue weighted by Crippen LogP contribution is 2.43. The fourth-order valence-electron chi connectivity index (χ4n) is 7.15. The molecule has 7 heteroatoms. The van der Waals surface area contributed by atoms with Gasteiger partial charge in [0.05, 0.1) is 5.56 Å². The number of benzene rings is 2. The highest BCUT2D eigenvalue weighted by molar-refractivity contribution is 5.66. The summed E-state index contributed by atoms with van der Waals surface area (Å²) in [5.74, 6) is -0.944. The maximum Gasteiger partial charge on any atom is 0.573 e. The van der Waals surface area contributed by atoms with E-state index in [1.807, 2.05) is 0 Å². The van der Waals surface area contributed by atoms with Crippen LogP contribution in [0.25, 0.3) is 11.1 Å². The van der Waals surface area contributed by atoms with Crippen molar-refractivity contribution in [1.29, 1.82) is 0 Å². The first kappa shape index (κ1) is 30.8. The molecule has 0 saturated heterocycles. The van der Waals surface area contributed by atoms with Gasteiger partial charge in [-0.3, -0.25) is 0 Å². The Morgan fingerprint density at radius 1 is 0.800 bits per heavy atom. The molecule has 2 aliphatic rings. The normalized spacial score (nSPS) is 24.6. The zero-order valence-electron chi connectivity index (χ0n) is 23.6. The van der Waals surface area contributed by atoms with Crippen LogP contribution in [0.3, 0.4) is 0 Å². The Bertz CT molecular complexity index is 1070. The van der Waals surface area contributed by atoms with Gasteiger partial charge < -0.3 is 4.74 Å². The Balaban J connectivity index is 1.30. The third kappa shape index (κ3) is 8.19.